The molecule has 4 heteroatoms. The highest BCUT2D eigenvalue weighted by atomic mass is 19.1. The Morgan fingerprint density at radius 3 is 2.21 bits per heavy atom. The zero-order chi connectivity index (χ0) is 17.7. The maximum Gasteiger partial charge on any atom is 0.178 e. The maximum atomic E-state index is 13.2. The Morgan fingerprint density at radius 2 is 1.67 bits per heavy atom. The third-order valence-corrected chi connectivity index (χ3v) is 4.26. The van der Waals surface area contributed by atoms with Crippen molar-refractivity contribution < 1.29 is 9.18 Å². The number of Topliss-reactive ketones (excluding diaryl/α,β-unsaturated/α-hetero) is 1. The number of rotatable bonds is 8. The van der Waals surface area contributed by atoms with E-state index in [0.29, 0.717) is 6.54 Å². The number of benzene rings is 1. The van der Waals surface area contributed by atoms with Gasteiger partial charge in [-0.05, 0) is 70.1 Å². The van der Waals surface area contributed by atoms with Gasteiger partial charge in [-0.15, -0.1) is 0 Å². The van der Waals surface area contributed by atoms with Crippen LogP contribution in [0.15, 0.2) is 30.3 Å². The molecule has 0 atom stereocenters. The van der Waals surface area contributed by atoms with Gasteiger partial charge in [0.2, 0.25) is 0 Å². The molecule has 3 nitrogen and oxygen atoms in total. The van der Waals surface area contributed by atoms with Crippen molar-refractivity contribution in [2.24, 2.45) is 0 Å². The van der Waals surface area contributed by atoms with Gasteiger partial charge in [0.05, 0.1) is 6.54 Å². The number of aryl methyl sites for hydroxylation is 1. The van der Waals surface area contributed by atoms with Gasteiger partial charge in [0, 0.05) is 22.6 Å². The fraction of sp³-hybridized carbons (Fsp3) is 0.450. The van der Waals surface area contributed by atoms with Crippen molar-refractivity contribution in [1.82, 2.24) is 9.47 Å². The molecule has 0 saturated carbocycles. The van der Waals surface area contributed by atoms with Crippen LogP contribution in [0.1, 0.15) is 48.4 Å². The second-order valence-corrected chi connectivity index (χ2v) is 6.30. The summed E-state index contributed by atoms with van der Waals surface area (Å²) in [5, 5.41) is 0. The van der Waals surface area contributed by atoms with Gasteiger partial charge in [0.15, 0.2) is 5.78 Å². The molecule has 2 rings (SSSR count). The van der Waals surface area contributed by atoms with Gasteiger partial charge >= 0.3 is 0 Å². The fourth-order valence-electron chi connectivity index (χ4n) is 3.22. The van der Waals surface area contributed by atoms with E-state index in [-0.39, 0.29) is 11.6 Å². The summed E-state index contributed by atoms with van der Waals surface area (Å²) in [6.07, 6.45) is 2.09. The smallest absolute Gasteiger partial charge is 0.178 e. The number of nitrogens with zero attached hydrogens (tertiary/aromatic N) is 2. The molecule has 130 valence electrons. The first-order valence-electron chi connectivity index (χ1n) is 8.68. The van der Waals surface area contributed by atoms with E-state index in [9.17, 15) is 9.18 Å². The number of carbonyl (C=O) groups is 1. The number of aromatic nitrogens is 1. The Hall–Kier alpha value is -1.94. The van der Waals surface area contributed by atoms with Crippen molar-refractivity contribution in [3.05, 3.63) is 53.1 Å². The monoisotopic (exact) mass is 330 g/mol. The summed E-state index contributed by atoms with van der Waals surface area (Å²) in [5.74, 6) is -0.106. The first-order valence-corrected chi connectivity index (χ1v) is 8.68. The molecule has 0 unspecified atom stereocenters. The minimum absolute atomic E-state index is 0.151. The van der Waals surface area contributed by atoms with Gasteiger partial charge in [0.1, 0.15) is 5.82 Å². The molecule has 0 N–H and O–H groups in total. The van der Waals surface area contributed by atoms with Gasteiger partial charge < -0.3 is 4.57 Å². The zero-order valence-electron chi connectivity index (χ0n) is 15.1. The van der Waals surface area contributed by atoms with E-state index in [2.05, 4.69) is 18.7 Å². The molecule has 0 saturated heterocycles. The molecule has 0 bridgehead atoms. The molecule has 1 heterocycles. The Bertz CT molecular complexity index is 682. The lowest BCUT2D eigenvalue weighted by Gasteiger charge is -2.20. The van der Waals surface area contributed by atoms with E-state index < -0.39 is 0 Å². The molecule has 0 spiro atoms. The lowest BCUT2D eigenvalue weighted by atomic mass is 10.1. The summed E-state index contributed by atoms with van der Waals surface area (Å²) >= 11 is 0. The SMILES string of the molecule is CCCN(CCC)CC(=O)c1cc(C)n(-c2ccc(F)cc2)c1C. The van der Waals surface area contributed by atoms with Crippen LogP contribution in [0.5, 0.6) is 0 Å². The molecule has 24 heavy (non-hydrogen) atoms. The van der Waals surface area contributed by atoms with Crippen LogP contribution in [0.4, 0.5) is 4.39 Å². The summed E-state index contributed by atoms with van der Waals surface area (Å²) in [6.45, 7) is 10.5. The quantitative estimate of drug-likeness (QED) is 0.664. The zero-order valence-corrected chi connectivity index (χ0v) is 15.1. The Labute approximate surface area is 144 Å². The van der Waals surface area contributed by atoms with E-state index >= 15 is 0 Å². The highest BCUT2D eigenvalue weighted by Crippen LogP contribution is 2.22. The molecule has 0 aliphatic heterocycles. The lowest BCUT2D eigenvalue weighted by molar-refractivity contribution is 0.0930. The standard InChI is InChI=1S/C20H27FN2O/c1-5-11-22(12-6-2)14-20(24)19-13-15(3)23(16(19)4)18-9-7-17(21)8-10-18/h7-10,13H,5-6,11-12,14H2,1-4H3. The summed E-state index contributed by atoms with van der Waals surface area (Å²) in [6, 6.07) is 8.31. The molecule has 0 aliphatic carbocycles. The molecular formula is C20H27FN2O. The molecule has 2 aromatic rings. The van der Waals surface area contributed by atoms with E-state index in [0.717, 1.165) is 48.6 Å². The van der Waals surface area contributed by atoms with Crippen LogP contribution >= 0.6 is 0 Å². The van der Waals surface area contributed by atoms with Crippen molar-refractivity contribution in [1.29, 1.82) is 0 Å². The summed E-state index contributed by atoms with van der Waals surface area (Å²) in [7, 11) is 0. The third-order valence-electron chi connectivity index (χ3n) is 4.26. The van der Waals surface area contributed by atoms with Gasteiger partial charge in [-0.2, -0.15) is 0 Å². The maximum absolute atomic E-state index is 13.2. The van der Waals surface area contributed by atoms with Crippen molar-refractivity contribution in [2.75, 3.05) is 19.6 Å². The van der Waals surface area contributed by atoms with Crippen LogP contribution in [-0.2, 0) is 0 Å². The van der Waals surface area contributed by atoms with E-state index in [1.165, 1.54) is 12.1 Å². The topological polar surface area (TPSA) is 25.2 Å². The first kappa shape index (κ1) is 18.4. The third kappa shape index (κ3) is 4.12. The van der Waals surface area contributed by atoms with Crippen LogP contribution in [0.2, 0.25) is 0 Å². The van der Waals surface area contributed by atoms with Crippen LogP contribution in [0.25, 0.3) is 5.69 Å². The molecule has 0 amide bonds. The van der Waals surface area contributed by atoms with Crippen molar-refractivity contribution in [3.8, 4) is 5.69 Å². The molecule has 1 aromatic carbocycles. The van der Waals surface area contributed by atoms with Crippen LogP contribution in [-0.4, -0.2) is 34.9 Å². The van der Waals surface area contributed by atoms with Gasteiger partial charge in [0.25, 0.3) is 0 Å². The van der Waals surface area contributed by atoms with Crippen LogP contribution in [0.3, 0.4) is 0 Å². The fourth-order valence-corrected chi connectivity index (χ4v) is 3.22. The lowest BCUT2D eigenvalue weighted by Crippen LogP contribution is -2.31. The van der Waals surface area contributed by atoms with Crippen LogP contribution in [0, 0.1) is 19.7 Å². The van der Waals surface area contributed by atoms with E-state index in [1.54, 1.807) is 12.1 Å². The van der Waals surface area contributed by atoms with Gasteiger partial charge in [-0.1, -0.05) is 13.8 Å². The molecule has 0 aliphatic rings. The first-order chi connectivity index (χ1) is 11.5. The number of hydrogen-bond donors (Lipinski definition) is 0. The predicted octanol–water partition coefficient (Wildman–Crippen LogP) is 4.54. The van der Waals surface area contributed by atoms with Gasteiger partial charge in [-0.3, -0.25) is 9.69 Å². The normalized spacial score (nSPS) is 11.2. The Kier molecular flexibility index (Phi) is 6.32. The second kappa shape index (κ2) is 8.25. The number of hydrogen-bond acceptors (Lipinski definition) is 2. The second-order valence-electron chi connectivity index (χ2n) is 6.30. The average Bonchev–Trinajstić information content (AvgIpc) is 2.84. The molecule has 0 fully saturated rings. The van der Waals surface area contributed by atoms with Crippen molar-refractivity contribution in [3.63, 3.8) is 0 Å². The molecule has 0 radical (unpaired) electrons. The minimum Gasteiger partial charge on any atom is -0.318 e. The summed E-state index contributed by atoms with van der Waals surface area (Å²) < 4.78 is 15.2. The van der Waals surface area contributed by atoms with Crippen LogP contribution < -0.4 is 0 Å². The Morgan fingerprint density at radius 1 is 1.08 bits per heavy atom. The Balaban J connectivity index is 2.27. The molecular weight excluding hydrogens is 303 g/mol. The highest BCUT2D eigenvalue weighted by molar-refractivity contribution is 5.99. The highest BCUT2D eigenvalue weighted by Gasteiger charge is 2.18. The van der Waals surface area contributed by atoms with Crippen molar-refractivity contribution in [2.45, 2.75) is 40.5 Å². The predicted molar refractivity (Wildman–Crippen MR) is 96.6 cm³/mol. The largest absolute Gasteiger partial charge is 0.318 e. The number of ketones is 1. The average molecular weight is 330 g/mol. The number of halogens is 1. The van der Waals surface area contributed by atoms with E-state index in [1.807, 2.05) is 24.5 Å². The van der Waals surface area contributed by atoms with Gasteiger partial charge in [-0.25, -0.2) is 4.39 Å². The number of carbonyl (C=O) groups excluding carboxylic acids is 1. The van der Waals surface area contributed by atoms with E-state index in [4.69, 9.17) is 0 Å². The summed E-state index contributed by atoms with van der Waals surface area (Å²) in [5.41, 5.74) is 3.54. The summed E-state index contributed by atoms with van der Waals surface area (Å²) in [4.78, 5) is 15.0. The van der Waals surface area contributed by atoms with Crippen molar-refractivity contribution >= 4 is 5.78 Å². The molecule has 1 aromatic heterocycles. The minimum atomic E-state index is -0.257.